The predicted molar refractivity (Wildman–Crippen MR) is 93.9 cm³/mol. The van der Waals surface area contributed by atoms with Gasteiger partial charge in [0.2, 0.25) is 10.0 Å². The zero-order valence-corrected chi connectivity index (χ0v) is 15.3. The Balaban J connectivity index is 2.21. The van der Waals surface area contributed by atoms with Gasteiger partial charge in [0.15, 0.2) is 0 Å². The number of hydrogen-bond acceptors (Lipinski definition) is 4. The molecule has 8 heteroatoms. The first-order valence-corrected chi connectivity index (χ1v) is 10.3. The van der Waals surface area contributed by atoms with Gasteiger partial charge >= 0.3 is 0 Å². The maximum atomic E-state index is 12.3. The van der Waals surface area contributed by atoms with Gasteiger partial charge in [-0.25, -0.2) is 21.6 Å². The normalized spacial score (nSPS) is 12.3. The molecule has 0 unspecified atom stereocenters. The molecule has 0 aliphatic carbocycles. The third-order valence-corrected chi connectivity index (χ3v) is 6.21. The van der Waals surface area contributed by atoms with Crippen molar-refractivity contribution in [3.63, 3.8) is 0 Å². The quantitative estimate of drug-likeness (QED) is 0.819. The van der Waals surface area contributed by atoms with Crippen LogP contribution >= 0.6 is 0 Å². The Kier molecular flexibility index (Phi) is 5.32. The summed E-state index contributed by atoms with van der Waals surface area (Å²) >= 11 is 0. The van der Waals surface area contributed by atoms with Gasteiger partial charge in [-0.05, 0) is 57.2 Å². The van der Waals surface area contributed by atoms with Gasteiger partial charge in [-0.15, -0.1) is 0 Å². The van der Waals surface area contributed by atoms with Crippen molar-refractivity contribution in [3.05, 3.63) is 54.1 Å². The molecule has 0 fully saturated rings. The number of benzene rings is 2. The van der Waals surface area contributed by atoms with Crippen LogP contribution in [0.15, 0.2) is 58.3 Å². The first kappa shape index (κ1) is 18.4. The van der Waals surface area contributed by atoms with E-state index < -0.39 is 20.0 Å². The summed E-state index contributed by atoms with van der Waals surface area (Å²) < 4.78 is 53.6. The predicted octanol–water partition coefficient (Wildman–Crippen LogP) is 2.48. The van der Waals surface area contributed by atoms with Crippen LogP contribution in [0.1, 0.15) is 19.4 Å². The van der Waals surface area contributed by atoms with Gasteiger partial charge in [0.1, 0.15) is 0 Å². The third kappa shape index (κ3) is 4.56. The summed E-state index contributed by atoms with van der Waals surface area (Å²) in [6, 6.07) is 11.8. The molecule has 0 atom stereocenters. The van der Waals surface area contributed by atoms with Crippen LogP contribution in [-0.4, -0.2) is 22.9 Å². The Bertz CT molecular complexity index is 902. The fourth-order valence-electron chi connectivity index (χ4n) is 2.01. The van der Waals surface area contributed by atoms with Gasteiger partial charge in [-0.1, -0.05) is 17.7 Å². The molecule has 2 N–H and O–H groups in total. The van der Waals surface area contributed by atoms with Crippen molar-refractivity contribution in [2.75, 3.05) is 4.72 Å². The summed E-state index contributed by atoms with van der Waals surface area (Å²) in [5.41, 5.74) is 1.25. The summed E-state index contributed by atoms with van der Waals surface area (Å²) in [6.45, 7) is 5.32. The molecule has 130 valence electrons. The molecule has 0 amide bonds. The Morgan fingerprint density at radius 1 is 0.750 bits per heavy atom. The molecule has 0 saturated carbocycles. The van der Waals surface area contributed by atoms with E-state index in [0.29, 0.717) is 5.69 Å². The zero-order chi connectivity index (χ0) is 18.0. The molecule has 0 spiro atoms. The summed E-state index contributed by atoms with van der Waals surface area (Å²) in [6.07, 6.45) is 0. The average Bonchev–Trinajstić information content (AvgIpc) is 2.46. The summed E-state index contributed by atoms with van der Waals surface area (Å²) in [4.78, 5) is 0.223. The van der Waals surface area contributed by atoms with E-state index in [-0.39, 0.29) is 15.8 Å². The Morgan fingerprint density at radius 3 is 1.71 bits per heavy atom. The van der Waals surface area contributed by atoms with Crippen molar-refractivity contribution in [1.82, 2.24) is 4.72 Å². The van der Waals surface area contributed by atoms with Gasteiger partial charge in [0, 0.05) is 11.7 Å². The van der Waals surface area contributed by atoms with Gasteiger partial charge in [-0.3, -0.25) is 4.72 Å². The molecule has 0 heterocycles. The lowest BCUT2D eigenvalue weighted by molar-refractivity contribution is 0.570. The molecule has 0 aromatic heterocycles. The van der Waals surface area contributed by atoms with Crippen molar-refractivity contribution >= 4 is 25.7 Å². The molecule has 6 nitrogen and oxygen atoms in total. The second-order valence-corrected chi connectivity index (χ2v) is 9.12. The highest BCUT2D eigenvalue weighted by atomic mass is 32.2. The Labute approximate surface area is 143 Å². The largest absolute Gasteiger partial charge is 0.280 e. The molecule has 0 saturated heterocycles. The van der Waals surface area contributed by atoms with Crippen molar-refractivity contribution < 1.29 is 16.8 Å². The molecule has 0 radical (unpaired) electrons. The summed E-state index contributed by atoms with van der Waals surface area (Å²) in [7, 11) is -7.32. The minimum Gasteiger partial charge on any atom is -0.280 e. The summed E-state index contributed by atoms with van der Waals surface area (Å²) in [5, 5.41) is 0. The first-order chi connectivity index (χ1) is 11.1. The zero-order valence-electron chi connectivity index (χ0n) is 13.6. The van der Waals surface area contributed by atoms with Crippen molar-refractivity contribution in [2.24, 2.45) is 0 Å². The molecule has 2 aromatic carbocycles. The topological polar surface area (TPSA) is 92.3 Å². The number of nitrogens with one attached hydrogen (secondary N) is 2. The fourth-order valence-corrected chi connectivity index (χ4v) is 4.32. The Hall–Kier alpha value is -1.90. The van der Waals surface area contributed by atoms with Gasteiger partial charge in [-0.2, -0.15) is 0 Å². The van der Waals surface area contributed by atoms with Crippen molar-refractivity contribution in [3.8, 4) is 0 Å². The molecule has 2 aromatic rings. The molecule has 0 bridgehead atoms. The lowest BCUT2D eigenvalue weighted by Crippen LogP contribution is -2.30. The molecular formula is C16H20N2O4S2. The van der Waals surface area contributed by atoms with Crippen LogP contribution < -0.4 is 9.44 Å². The van der Waals surface area contributed by atoms with E-state index in [1.54, 1.807) is 26.0 Å². The fraction of sp³-hybridized carbons (Fsp3) is 0.250. The minimum atomic E-state index is -3.71. The maximum absolute atomic E-state index is 12.3. The molecule has 24 heavy (non-hydrogen) atoms. The van der Waals surface area contributed by atoms with E-state index in [1.165, 1.54) is 36.4 Å². The molecule has 2 rings (SSSR count). The van der Waals surface area contributed by atoms with E-state index in [0.717, 1.165) is 5.56 Å². The molecule has 0 aliphatic heterocycles. The highest BCUT2D eigenvalue weighted by Crippen LogP contribution is 2.19. The molecular weight excluding hydrogens is 348 g/mol. The standard InChI is InChI=1S/C16H20N2O4S2/c1-12(2)17-23(19,20)16-10-6-14(7-11-16)18-24(21,22)15-8-4-13(3)5-9-15/h4-12,17-18H,1-3H3. The van der Waals surface area contributed by atoms with E-state index in [4.69, 9.17) is 0 Å². The van der Waals surface area contributed by atoms with Crippen LogP contribution in [0.25, 0.3) is 0 Å². The van der Waals surface area contributed by atoms with E-state index in [1.807, 2.05) is 6.92 Å². The maximum Gasteiger partial charge on any atom is 0.261 e. The lowest BCUT2D eigenvalue weighted by atomic mass is 10.2. The molecule has 0 aliphatic rings. The SMILES string of the molecule is Cc1ccc(S(=O)(=O)Nc2ccc(S(=O)(=O)NC(C)C)cc2)cc1. The van der Waals surface area contributed by atoms with Crippen molar-refractivity contribution in [2.45, 2.75) is 36.6 Å². The van der Waals surface area contributed by atoms with E-state index >= 15 is 0 Å². The van der Waals surface area contributed by atoms with Crippen LogP contribution in [0.4, 0.5) is 5.69 Å². The van der Waals surface area contributed by atoms with E-state index in [9.17, 15) is 16.8 Å². The Morgan fingerprint density at radius 2 is 1.21 bits per heavy atom. The van der Waals surface area contributed by atoms with Gasteiger partial charge < -0.3 is 0 Å². The van der Waals surface area contributed by atoms with E-state index in [2.05, 4.69) is 9.44 Å². The number of rotatable bonds is 6. The second-order valence-electron chi connectivity index (χ2n) is 5.72. The van der Waals surface area contributed by atoms with Crippen molar-refractivity contribution in [1.29, 1.82) is 0 Å². The minimum absolute atomic E-state index is 0.0782. The number of aryl methyl sites for hydroxylation is 1. The number of hydrogen-bond donors (Lipinski definition) is 2. The highest BCUT2D eigenvalue weighted by Gasteiger charge is 2.17. The highest BCUT2D eigenvalue weighted by molar-refractivity contribution is 7.92. The third-order valence-electron chi connectivity index (χ3n) is 3.14. The average molecular weight is 368 g/mol. The number of anilines is 1. The van der Waals surface area contributed by atoms with Gasteiger partial charge in [0.25, 0.3) is 10.0 Å². The smallest absolute Gasteiger partial charge is 0.261 e. The number of sulfonamides is 2. The lowest BCUT2D eigenvalue weighted by Gasteiger charge is -2.11. The second kappa shape index (κ2) is 6.92. The van der Waals surface area contributed by atoms with Crippen LogP contribution in [0.5, 0.6) is 0 Å². The van der Waals surface area contributed by atoms with Crippen LogP contribution in [-0.2, 0) is 20.0 Å². The van der Waals surface area contributed by atoms with Gasteiger partial charge in [0.05, 0.1) is 9.79 Å². The summed E-state index contributed by atoms with van der Waals surface area (Å²) in [5.74, 6) is 0. The first-order valence-electron chi connectivity index (χ1n) is 7.32. The van der Waals surface area contributed by atoms with Crippen LogP contribution in [0, 0.1) is 6.92 Å². The monoisotopic (exact) mass is 368 g/mol. The van der Waals surface area contributed by atoms with Crippen LogP contribution in [0.2, 0.25) is 0 Å². The van der Waals surface area contributed by atoms with Crippen LogP contribution in [0.3, 0.4) is 0 Å².